The number of ether oxygens (including phenoxy) is 1. The lowest BCUT2D eigenvalue weighted by molar-refractivity contribution is 0.102. The molecule has 1 aromatic carbocycles. The number of aromatic nitrogens is 1. The number of benzene rings is 1. The molecule has 2 heterocycles. The second-order valence-electron chi connectivity index (χ2n) is 7.40. The molecule has 0 fully saturated rings. The van der Waals surface area contributed by atoms with Crippen LogP contribution < -0.4 is 10.3 Å². The molecule has 1 aliphatic heterocycles. The Morgan fingerprint density at radius 1 is 1.25 bits per heavy atom. The normalized spacial score (nSPS) is 17.2. The number of halogens is 2. The second-order valence-corrected chi connectivity index (χ2v) is 9.84. The molecule has 0 spiro atoms. The Morgan fingerprint density at radius 3 is 2.47 bits per heavy atom. The summed E-state index contributed by atoms with van der Waals surface area (Å²) in [5.74, 6) is -3.22. The number of pyridine rings is 1. The molecule has 0 bridgehead atoms. The lowest BCUT2D eigenvalue weighted by Crippen LogP contribution is -2.48. The van der Waals surface area contributed by atoms with Crippen LogP contribution in [0.15, 0.2) is 40.4 Å². The summed E-state index contributed by atoms with van der Waals surface area (Å²) >= 11 is 0. The molecule has 32 heavy (non-hydrogen) atoms. The van der Waals surface area contributed by atoms with Gasteiger partial charge in [-0.3, -0.25) is 4.79 Å². The topological polar surface area (TPSA) is 137 Å². The Labute approximate surface area is 181 Å². The van der Waals surface area contributed by atoms with Gasteiger partial charge < -0.3 is 28.8 Å². The molecule has 2 aromatic rings. The van der Waals surface area contributed by atoms with Crippen molar-refractivity contribution in [2.75, 3.05) is 13.4 Å². The average molecular weight is 473 g/mol. The fraction of sp³-hybridized carbons (Fsp3) is 0.333. The van der Waals surface area contributed by atoms with Crippen LogP contribution in [0.5, 0.6) is 5.75 Å². The zero-order chi connectivity index (χ0) is 23.9. The first-order valence-corrected chi connectivity index (χ1v) is 11.1. The molecule has 1 atom stereocenters. The molecule has 14 heteroatoms. The van der Waals surface area contributed by atoms with Gasteiger partial charge in [0.05, 0.1) is 7.11 Å². The summed E-state index contributed by atoms with van der Waals surface area (Å²) in [4.78, 5) is 12.5. The van der Waals surface area contributed by atoms with Gasteiger partial charge in [-0.1, -0.05) is 5.16 Å². The summed E-state index contributed by atoms with van der Waals surface area (Å²) in [7, 11) is -2.72. The summed E-state index contributed by atoms with van der Waals surface area (Å²) in [6.07, 6.45) is 1.94. The second kappa shape index (κ2) is 8.18. The Hall–Kier alpha value is -2.97. The van der Waals surface area contributed by atoms with Crippen LogP contribution in [-0.2, 0) is 25.8 Å². The van der Waals surface area contributed by atoms with E-state index in [4.69, 9.17) is 9.39 Å². The summed E-state index contributed by atoms with van der Waals surface area (Å²) in [5.41, 5.74) is -0.646. The van der Waals surface area contributed by atoms with E-state index in [1.165, 1.54) is 38.4 Å². The van der Waals surface area contributed by atoms with Crippen LogP contribution in [0.25, 0.3) is 11.1 Å². The van der Waals surface area contributed by atoms with Gasteiger partial charge in [0.1, 0.15) is 4.75 Å². The van der Waals surface area contributed by atoms with E-state index in [-0.39, 0.29) is 29.8 Å². The molecule has 1 aliphatic rings. The molecule has 1 unspecified atom stereocenters. The molecule has 2 N–H and O–H groups in total. The number of aryl methyl sites for hydroxylation is 1. The Balaban J connectivity index is 1.88. The minimum Gasteiger partial charge on any atom is -0.620 e. The van der Waals surface area contributed by atoms with Crippen molar-refractivity contribution >= 4 is 22.7 Å². The van der Waals surface area contributed by atoms with Gasteiger partial charge in [0.25, 0.3) is 5.56 Å². The highest BCUT2D eigenvalue weighted by Crippen LogP contribution is 2.30. The molecule has 3 rings (SSSR count). The Bertz CT molecular complexity index is 1250. The van der Waals surface area contributed by atoms with E-state index in [1.807, 2.05) is 0 Å². The van der Waals surface area contributed by atoms with Crippen LogP contribution >= 0.6 is 0 Å². The number of methoxy groups -OCH3 is 1. The van der Waals surface area contributed by atoms with Gasteiger partial charge in [0.15, 0.2) is 27.3 Å². The highest BCUT2D eigenvalue weighted by Gasteiger charge is 2.48. The van der Waals surface area contributed by atoms with E-state index < -0.39 is 44.6 Å². The lowest BCUT2D eigenvalue weighted by Gasteiger charge is -2.30. The zero-order valence-corrected chi connectivity index (χ0v) is 18.1. The Kier molecular flexibility index (Phi) is 6.06. The third-order valence-corrected chi connectivity index (χ3v) is 7.23. The quantitative estimate of drug-likeness (QED) is 0.563. The highest BCUT2D eigenvalue weighted by atomic mass is 32.2. The highest BCUT2D eigenvalue weighted by molar-refractivity contribution is 7.92. The first-order chi connectivity index (χ1) is 14.8. The predicted molar refractivity (Wildman–Crippen MR) is 110 cm³/mol. The number of hydrogen-bond acceptors (Lipinski definition) is 9. The summed E-state index contributed by atoms with van der Waals surface area (Å²) in [6, 6.07) is 4.94. The van der Waals surface area contributed by atoms with Crippen molar-refractivity contribution in [3.8, 4) is 16.9 Å². The maximum Gasteiger partial charge on any atom is 0.668 e. The van der Waals surface area contributed by atoms with E-state index >= 15 is 0 Å². The monoisotopic (exact) mass is 473 g/mol. The summed E-state index contributed by atoms with van der Waals surface area (Å²) in [6.45, 7) is -2.69. The van der Waals surface area contributed by atoms with E-state index in [0.29, 0.717) is 0 Å². The smallest absolute Gasteiger partial charge is 0.620 e. The van der Waals surface area contributed by atoms with Gasteiger partial charge >= 0.3 is 6.96 Å². The fourth-order valence-corrected chi connectivity index (χ4v) is 3.95. The molecule has 0 radical (unpaired) electrons. The molecule has 10 nitrogen and oxygen atoms in total. The minimum atomic E-state index is -3.92. The van der Waals surface area contributed by atoms with Crippen LogP contribution in [0.3, 0.4) is 0 Å². The largest absolute Gasteiger partial charge is 0.668 e. The molecular weight excluding hydrogens is 453 g/mol. The van der Waals surface area contributed by atoms with Crippen molar-refractivity contribution in [2.24, 2.45) is 5.16 Å². The van der Waals surface area contributed by atoms with Gasteiger partial charge in [-0.05, 0) is 37.1 Å². The van der Waals surface area contributed by atoms with E-state index in [2.05, 4.69) is 9.91 Å². The molecule has 0 saturated heterocycles. The van der Waals surface area contributed by atoms with Gasteiger partial charge in [-0.25, -0.2) is 12.8 Å². The van der Waals surface area contributed by atoms with Crippen molar-refractivity contribution < 1.29 is 41.4 Å². The predicted octanol–water partition coefficient (Wildman–Crippen LogP) is 0.776. The van der Waals surface area contributed by atoms with Crippen LogP contribution in [0, 0.1) is 11.6 Å². The molecule has 0 aliphatic carbocycles. The summed E-state index contributed by atoms with van der Waals surface area (Å²) in [5, 5.41) is 22.1. The molecule has 0 saturated carbocycles. The average Bonchev–Trinajstić information content (AvgIpc) is 3.08. The third-order valence-electron chi connectivity index (χ3n) is 5.21. The molecular formula is C18H20BF2N2O8S-. The van der Waals surface area contributed by atoms with Crippen LogP contribution in [0.1, 0.15) is 13.3 Å². The van der Waals surface area contributed by atoms with E-state index in [0.717, 1.165) is 16.9 Å². The van der Waals surface area contributed by atoms with Crippen LogP contribution in [-0.4, -0.2) is 54.0 Å². The van der Waals surface area contributed by atoms with Crippen LogP contribution in [0.2, 0.25) is 0 Å². The number of oxime groups is 1. The van der Waals surface area contributed by atoms with E-state index in [1.54, 1.807) is 0 Å². The molecule has 1 aromatic heterocycles. The molecule has 174 valence electrons. The minimum absolute atomic E-state index is 0.112. The lowest BCUT2D eigenvalue weighted by atomic mass is 10.0. The Morgan fingerprint density at radius 2 is 1.94 bits per heavy atom. The van der Waals surface area contributed by atoms with Gasteiger partial charge in [0.2, 0.25) is 5.82 Å². The zero-order valence-electron chi connectivity index (χ0n) is 17.3. The number of nitrogens with zero attached hydrogens (tertiary/aromatic N) is 2. The number of hydrogen-bond donors (Lipinski definition) is 2. The fourth-order valence-electron chi connectivity index (χ4n) is 3.08. The summed E-state index contributed by atoms with van der Waals surface area (Å²) < 4.78 is 66.1. The van der Waals surface area contributed by atoms with Gasteiger partial charge in [0, 0.05) is 30.6 Å². The first-order valence-electron chi connectivity index (χ1n) is 9.25. The van der Waals surface area contributed by atoms with Crippen LogP contribution in [0.4, 0.5) is 8.78 Å². The SMILES string of the molecule is COc1ccc(-c2ccn(CCC(C)(C3=NO[B-](O)(O)O3)S(C)(=O)=O)c(=O)c2)c(F)c1F. The van der Waals surface area contributed by atoms with Crippen molar-refractivity contribution in [1.82, 2.24) is 4.57 Å². The third kappa shape index (κ3) is 4.33. The van der Waals surface area contributed by atoms with Crippen molar-refractivity contribution in [1.29, 1.82) is 0 Å². The van der Waals surface area contributed by atoms with Crippen molar-refractivity contribution in [3.05, 3.63) is 52.5 Å². The van der Waals surface area contributed by atoms with Gasteiger partial charge in [-0.2, -0.15) is 4.39 Å². The number of sulfone groups is 1. The van der Waals surface area contributed by atoms with Crippen molar-refractivity contribution in [2.45, 2.75) is 24.6 Å². The first kappa shape index (κ1) is 23.7. The van der Waals surface area contributed by atoms with Gasteiger partial charge in [-0.15, -0.1) is 0 Å². The maximum absolute atomic E-state index is 14.3. The van der Waals surface area contributed by atoms with Crippen molar-refractivity contribution in [3.63, 3.8) is 0 Å². The standard InChI is InChI=1S/C18H20BF2N2O8S/c1-18(32(3,27)28,17-22-31-19(25,26)30-17)7-9-23-8-6-11(10-14(23)24)12-4-5-13(29-2)16(21)15(12)20/h4-6,8,10,25-26H,7,9H2,1-3H3/q-1. The number of rotatable bonds is 7. The van der Waals surface area contributed by atoms with E-state index in [9.17, 15) is 32.0 Å². The molecule has 0 amide bonds. The maximum atomic E-state index is 14.3.